The molecule has 1 aliphatic carbocycles. The van der Waals surface area contributed by atoms with Gasteiger partial charge in [-0.15, -0.1) is 0 Å². The van der Waals surface area contributed by atoms with Gasteiger partial charge in [-0.3, -0.25) is 10.1 Å². The Labute approximate surface area is 108 Å². The van der Waals surface area contributed by atoms with E-state index in [1.165, 1.54) is 6.20 Å². The summed E-state index contributed by atoms with van der Waals surface area (Å²) < 4.78 is 7.64. The first-order chi connectivity index (χ1) is 8.65. The largest absolute Gasteiger partial charge is 0.481 e. The lowest BCUT2D eigenvalue weighted by Crippen LogP contribution is -2.41. The maximum Gasteiger partial charge on any atom is 0.320 e. The van der Waals surface area contributed by atoms with Gasteiger partial charge in [-0.05, 0) is 25.7 Å². The van der Waals surface area contributed by atoms with E-state index < -0.39 is 5.97 Å². The van der Waals surface area contributed by atoms with Gasteiger partial charge in [0.15, 0.2) is 5.82 Å². The van der Waals surface area contributed by atoms with Crippen LogP contribution < -0.4 is 10.6 Å². The molecule has 0 aliphatic heterocycles. The Bertz CT molecular complexity index is 415. The number of nitrogens with one attached hydrogen (secondary N) is 2. The topological polar surface area (TPSA) is 104 Å². The first-order valence-corrected chi connectivity index (χ1v) is 6.46. The van der Waals surface area contributed by atoms with Crippen LogP contribution in [0, 0.1) is 5.92 Å². The monoisotopic (exact) mass is 270 g/mol. The molecule has 0 bridgehead atoms. The molecule has 1 aliphatic rings. The van der Waals surface area contributed by atoms with Crippen LogP contribution in [-0.2, 0) is 4.79 Å². The number of carboxylic acids is 1. The first-order valence-electron chi connectivity index (χ1n) is 5.73. The minimum atomic E-state index is -0.744. The number of rotatable bonds is 3. The highest BCUT2D eigenvalue weighted by atomic mass is 32.1. The molecule has 8 heteroatoms. The molecule has 7 nitrogen and oxygen atoms in total. The molecule has 1 aromatic rings. The van der Waals surface area contributed by atoms with Gasteiger partial charge in [0.2, 0.25) is 0 Å². The maximum absolute atomic E-state index is 11.6. The Morgan fingerprint density at radius 1 is 1.33 bits per heavy atom. The normalized spacial score (nSPS) is 23.3. The molecule has 0 spiro atoms. The number of carbonyl (C=O) groups is 2. The second-order valence-corrected chi connectivity index (χ2v) is 4.83. The zero-order valence-electron chi connectivity index (χ0n) is 9.63. The van der Waals surface area contributed by atoms with Gasteiger partial charge >= 0.3 is 12.0 Å². The highest BCUT2D eigenvalue weighted by Gasteiger charge is 2.26. The van der Waals surface area contributed by atoms with Crippen molar-refractivity contribution in [3.8, 4) is 0 Å². The van der Waals surface area contributed by atoms with E-state index in [9.17, 15) is 9.59 Å². The average Bonchev–Trinajstić information content (AvgIpc) is 2.82. The lowest BCUT2D eigenvalue weighted by atomic mass is 9.86. The van der Waals surface area contributed by atoms with E-state index in [2.05, 4.69) is 19.4 Å². The average molecular weight is 270 g/mol. The molecule has 0 radical (unpaired) electrons. The fraction of sp³-hybridized carbons (Fsp3) is 0.600. The summed E-state index contributed by atoms with van der Waals surface area (Å²) in [4.78, 5) is 22.4. The number of carbonyl (C=O) groups excluding carboxylic acids is 1. The zero-order valence-corrected chi connectivity index (χ0v) is 10.4. The Kier molecular flexibility index (Phi) is 4.08. The predicted octanol–water partition coefficient (Wildman–Crippen LogP) is 1.30. The van der Waals surface area contributed by atoms with E-state index in [-0.39, 0.29) is 18.0 Å². The first kappa shape index (κ1) is 12.7. The molecule has 2 rings (SSSR count). The minimum Gasteiger partial charge on any atom is -0.481 e. The summed E-state index contributed by atoms with van der Waals surface area (Å²) in [6, 6.07) is -0.284. The summed E-state index contributed by atoms with van der Waals surface area (Å²) >= 11 is 1.02. The van der Waals surface area contributed by atoms with Gasteiger partial charge in [0.25, 0.3) is 0 Å². The Morgan fingerprint density at radius 3 is 2.61 bits per heavy atom. The molecule has 0 atom stereocenters. The van der Waals surface area contributed by atoms with Crippen LogP contribution in [0.4, 0.5) is 10.6 Å². The third-order valence-corrected chi connectivity index (χ3v) is 3.49. The lowest BCUT2D eigenvalue weighted by Gasteiger charge is -2.26. The van der Waals surface area contributed by atoms with Gasteiger partial charge in [0.05, 0.1) is 23.8 Å². The Hall–Kier alpha value is -1.70. The maximum atomic E-state index is 11.6. The number of nitrogens with zero attached hydrogens (tertiary/aromatic N) is 2. The predicted molar refractivity (Wildman–Crippen MR) is 65.4 cm³/mol. The summed E-state index contributed by atoms with van der Waals surface area (Å²) in [5.74, 6) is -0.586. The highest BCUT2D eigenvalue weighted by molar-refractivity contribution is 6.99. The van der Waals surface area contributed by atoms with Crippen LogP contribution in [0.15, 0.2) is 6.20 Å². The quantitative estimate of drug-likeness (QED) is 0.768. The van der Waals surface area contributed by atoms with Crippen molar-refractivity contribution < 1.29 is 14.7 Å². The van der Waals surface area contributed by atoms with E-state index >= 15 is 0 Å². The molecule has 1 heterocycles. The van der Waals surface area contributed by atoms with Crippen LogP contribution in [0.2, 0.25) is 0 Å². The molecule has 98 valence electrons. The number of hydrogen-bond acceptors (Lipinski definition) is 5. The fourth-order valence-electron chi connectivity index (χ4n) is 2.04. The van der Waals surface area contributed by atoms with E-state index in [1.807, 2.05) is 0 Å². The van der Waals surface area contributed by atoms with E-state index in [1.54, 1.807) is 0 Å². The fourth-order valence-corrected chi connectivity index (χ4v) is 2.42. The van der Waals surface area contributed by atoms with Crippen molar-refractivity contribution in [3.63, 3.8) is 0 Å². The van der Waals surface area contributed by atoms with E-state index in [4.69, 9.17) is 5.11 Å². The van der Waals surface area contributed by atoms with Crippen molar-refractivity contribution in [2.75, 3.05) is 5.32 Å². The minimum absolute atomic E-state index is 0.0344. The number of aliphatic carboxylic acids is 1. The molecule has 1 aromatic heterocycles. The molecule has 2 amide bonds. The summed E-state index contributed by atoms with van der Waals surface area (Å²) in [5.41, 5.74) is 0. The number of carboxylic acid groups (broad SMARTS) is 1. The molecule has 0 aromatic carbocycles. The van der Waals surface area contributed by atoms with Crippen molar-refractivity contribution in [2.24, 2.45) is 5.92 Å². The number of aromatic nitrogens is 2. The van der Waals surface area contributed by atoms with Crippen molar-refractivity contribution >= 4 is 29.5 Å². The molecule has 0 unspecified atom stereocenters. The smallest absolute Gasteiger partial charge is 0.320 e. The van der Waals surface area contributed by atoms with Crippen LogP contribution in [0.1, 0.15) is 25.7 Å². The number of amides is 2. The third kappa shape index (κ3) is 3.39. The second kappa shape index (κ2) is 5.76. The number of hydrogen-bond donors (Lipinski definition) is 3. The molecule has 3 N–H and O–H groups in total. The van der Waals surface area contributed by atoms with Crippen LogP contribution in [-0.4, -0.2) is 31.9 Å². The molecule has 1 fully saturated rings. The standard InChI is InChI=1S/C10H14N4O3S/c15-9(16)6-1-3-7(4-2-6)12-10(17)13-8-5-11-18-14-8/h5-7H,1-4H2,(H,15,16)(H2,12,13,14,17). The van der Waals surface area contributed by atoms with Gasteiger partial charge in [-0.1, -0.05) is 0 Å². The molecule has 18 heavy (non-hydrogen) atoms. The van der Waals surface area contributed by atoms with Gasteiger partial charge in [0, 0.05) is 6.04 Å². The van der Waals surface area contributed by atoms with Gasteiger partial charge in [-0.2, -0.15) is 8.75 Å². The van der Waals surface area contributed by atoms with Crippen molar-refractivity contribution in [2.45, 2.75) is 31.7 Å². The SMILES string of the molecule is O=C(Nc1cnsn1)NC1CCC(C(=O)O)CC1. The third-order valence-electron chi connectivity index (χ3n) is 3.01. The van der Waals surface area contributed by atoms with Crippen LogP contribution >= 0.6 is 11.7 Å². The highest BCUT2D eigenvalue weighted by Crippen LogP contribution is 2.24. The Balaban J connectivity index is 1.74. The number of anilines is 1. The molecular weight excluding hydrogens is 256 g/mol. The summed E-state index contributed by atoms with van der Waals surface area (Å²) in [5, 5.41) is 14.2. The summed E-state index contributed by atoms with van der Waals surface area (Å²) in [6.07, 6.45) is 4.09. The number of urea groups is 1. The van der Waals surface area contributed by atoms with E-state index in [0.29, 0.717) is 31.5 Å². The van der Waals surface area contributed by atoms with Crippen molar-refractivity contribution in [3.05, 3.63) is 6.20 Å². The summed E-state index contributed by atoms with van der Waals surface area (Å²) in [7, 11) is 0. The van der Waals surface area contributed by atoms with Gasteiger partial charge in [0.1, 0.15) is 0 Å². The van der Waals surface area contributed by atoms with Crippen LogP contribution in [0.3, 0.4) is 0 Å². The second-order valence-electron chi connectivity index (χ2n) is 4.28. The molecule has 1 saturated carbocycles. The Morgan fingerprint density at radius 2 is 2.06 bits per heavy atom. The zero-order chi connectivity index (χ0) is 13.0. The lowest BCUT2D eigenvalue weighted by molar-refractivity contribution is -0.142. The van der Waals surface area contributed by atoms with Crippen molar-refractivity contribution in [1.29, 1.82) is 0 Å². The van der Waals surface area contributed by atoms with Gasteiger partial charge < -0.3 is 10.4 Å². The molecular formula is C10H14N4O3S. The van der Waals surface area contributed by atoms with Gasteiger partial charge in [-0.25, -0.2) is 4.79 Å². The van der Waals surface area contributed by atoms with E-state index in [0.717, 1.165) is 11.7 Å². The van der Waals surface area contributed by atoms with Crippen LogP contribution in [0.5, 0.6) is 0 Å². The van der Waals surface area contributed by atoms with Crippen LogP contribution in [0.25, 0.3) is 0 Å². The summed E-state index contributed by atoms with van der Waals surface area (Å²) in [6.45, 7) is 0. The van der Waals surface area contributed by atoms with Crippen molar-refractivity contribution in [1.82, 2.24) is 14.1 Å². The molecule has 0 saturated heterocycles.